The first kappa shape index (κ1) is 30.7. The zero-order valence-electron chi connectivity index (χ0n) is 22.6. The minimum Gasteiger partial charge on any atom is -0.497 e. The molecule has 1 fully saturated rings. The van der Waals surface area contributed by atoms with E-state index in [1.165, 1.54) is 25.5 Å². The highest BCUT2D eigenvalue weighted by Crippen LogP contribution is 2.30. The summed E-state index contributed by atoms with van der Waals surface area (Å²) in [5.41, 5.74) is 1.47. The SMILES string of the molecule is COc1ccc(C=N[C@H]2[C@H](OC(C)=O)O[C@H](COS(=O)(=O)c3ccc(C)cc3)[C@H](OC(C)=O)[C@@H]2OC(C)=O)cc1. The molecule has 0 radical (unpaired) electrons. The minimum absolute atomic E-state index is 0.104. The molecule has 216 valence electrons. The molecule has 1 heterocycles. The van der Waals surface area contributed by atoms with E-state index in [0.717, 1.165) is 26.3 Å². The molecule has 0 N–H and O–H groups in total. The summed E-state index contributed by atoms with van der Waals surface area (Å²) in [5.74, 6) is -1.63. The number of rotatable bonds is 10. The number of carbonyl (C=O) groups excluding carboxylic acids is 3. The number of methoxy groups -OCH3 is 1. The average Bonchev–Trinajstić information content (AvgIpc) is 2.88. The molecule has 1 saturated heterocycles. The molecule has 0 amide bonds. The predicted octanol–water partition coefficient (Wildman–Crippen LogP) is 2.35. The van der Waals surface area contributed by atoms with Crippen molar-refractivity contribution in [1.82, 2.24) is 0 Å². The Balaban J connectivity index is 1.96. The Kier molecular flexibility index (Phi) is 10.4. The van der Waals surface area contributed by atoms with Crippen LogP contribution in [0.3, 0.4) is 0 Å². The molecule has 1 aliphatic heterocycles. The van der Waals surface area contributed by atoms with E-state index in [1.54, 1.807) is 43.3 Å². The number of benzene rings is 2. The van der Waals surface area contributed by atoms with Crippen LogP contribution in [-0.2, 0) is 47.6 Å². The molecule has 12 nitrogen and oxygen atoms in total. The van der Waals surface area contributed by atoms with E-state index in [1.807, 2.05) is 0 Å². The average molecular weight is 578 g/mol. The molecular formula is C27H31NO11S. The van der Waals surface area contributed by atoms with Gasteiger partial charge in [0.25, 0.3) is 10.1 Å². The van der Waals surface area contributed by atoms with Gasteiger partial charge in [-0.2, -0.15) is 8.42 Å². The van der Waals surface area contributed by atoms with Gasteiger partial charge < -0.3 is 23.7 Å². The maximum atomic E-state index is 12.8. The van der Waals surface area contributed by atoms with Crippen LogP contribution >= 0.6 is 0 Å². The Labute approximate surface area is 232 Å². The fraction of sp³-hybridized carbons (Fsp3) is 0.407. The third kappa shape index (κ3) is 8.34. The van der Waals surface area contributed by atoms with Gasteiger partial charge in [0.2, 0.25) is 6.29 Å². The van der Waals surface area contributed by atoms with Crippen LogP contribution in [0.5, 0.6) is 5.75 Å². The zero-order chi connectivity index (χ0) is 29.4. The van der Waals surface area contributed by atoms with E-state index in [9.17, 15) is 22.8 Å². The van der Waals surface area contributed by atoms with Crippen molar-refractivity contribution in [2.45, 2.75) is 63.2 Å². The first-order valence-electron chi connectivity index (χ1n) is 12.2. The molecule has 0 bridgehead atoms. The lowest BCUT2D eigenvalue weighted by Gasteiger charge is -2.43. The van der Waals surface area contributed by atoms with Crippen molar-refractivity contribution in [3.8, 4) is 5.75 Å². The van der Waals surface area contributed by atoms with Crippen molar-refractivity contribution in [2.75, 3.05) is 13.7 Å². The van der Waals surface area contributed by atoms with Crippen LogP contribution in [-0.4, -0.2) is 76.9 Å². The quantitative estimate of drug-likeness (QED) is 0.177. The largest absolute Gasteiger partial charge is 0.497 e. The molecule has 3 rings (SSSR count). The lowest BCUT2D eigenvalue weighted by molar-refractivity contribution is -0.264. The van der Waals surface area contributed by atoms with E-state index in [2.05, 4.69) is 4.99 Å². The zero-order valence-corrected chi connectivity index (χ0v) is 23.5. The smallest absolute Gasteiger partial charge is 0.305 e. The van der Waals surface area contributed by atoms with Gasteiger partial charge in [-0.25, -0.2) is 0 Å². The van der Waals surface area contributed by atoms with Crippen LogP contribution < -0.4 is 4.74 Å². The summed E-state index contributed by atoms with van der Waals surface area (Å²) in [5, 5.41) is 0. The van der Waals surface area contributed by atoms with E-state index in [0.29, 0.717) is 11.3 Å². The molecule has 0 saturated carbocycles. The molecule has 2 aromatic rings. The van der Waals surface area contributed by atoms with E-state index in [-0.39, 0.29) is 4.90 Å². The summed E-state index contributed by atoms with van der Waals surface area (Å²) in [6.07, 6.45) is -4.03. The van der Waals surface area contributed by atoms with Gasteiger partial charge in [0.1, 0.15) is 11.9 Å². The highest BCUT2D eigenvalue weighted by atomic mass is 32.2. The van der Waals surface area contributed by atoms with Crippen LogP contribution in [0.1, 0.15) is 31.9 Å². The Morgan fingerprint density at radius 1 is 0.875 bits per heavy atom. The molecule has 0 unspecified atom stereocenters. The summed E-state index contributed by atoms with van der Waals surface area (Å²) in [6.45, 7) is 4.55. The summed E-state index contributed by atoms with van der Waals surface area (Å²) in [6, 6.07) is 11.6. The van der Waals surface area contributed by atoms with Crippen LogP contribution in [0.25, 0.3) is 0 Å². The maximum Gasteiger partial charge on any atom is 0.305 e. The second kappa shape index (κ2) is 13.5. The number of aryl methyl sites for hydroxylation is 1. The summed E-state index contributed by atoms with van der Waals surface area (Å²) < 4.78 is 58.1. The number of hydrogen-bond acceptors (Lipinski definition) is 12. The van der Waals surface area contributed by atoms with Crippen molar-refractivity contribution >= 4 is 34.2 Å². The fourth-order valence-electron chi connectivity index (χ4n) is 3.90. The number of nitrogens with zero attached hydrogens (tertiary/aromatic N) is 1. The van der Waals surface area contributed by atoms with Crippen molar-refractivity contribution in [3.05, 3.63) is 59.7 Å². The maximum absolute atomic E-state index is 12.8. The normalized spacial score (nSPS) is 22.9. The first-order chi connectivity index (χ1) is 18.9. The fourth-order valence-corrected chi connectivity index (χ4v) is 4.81. The number of ether oxygens (including phenoxy) is 5. The van der Waals surface area contributed by atoms with Crippen molar-refractivity contribution in [1.29, 1.82) is 0 Å². The Morgan fingerprint density at radius 2 is 1.45 bits per heavy atom. The standard InChI is InChI=1S/C27H31NO11S/c1-16-6-12-22(13-7-16)40(32,33)35-15-23-25(36-17(2)29)26(37-18(3)30)24(27(39-23)38-19(4)31)28-14-20-8-10-21(34-5)11-9-20/h6-14,23-27H,15H2,1-5H3/t23-,24-,25+,26-,27-/m1/s1. The van der Waals surface area contributed by atoms with Crippen molar-refractivity contribution in [2.24, 2.45) is 4.99 Å². The lowest BCUT2D eigenvalue weighted by atomic mass is 9.96. The topological polar surface area (TPSA) is 153 Å². The molecular weight excluding hydrogens is 546 g/mol. The molecule has 5 atom stereocenters. The van der Waals surface area contributed by atoms with E-state index in [4.69, 9.17) is 27.9 Å². The van der Waals surface area contributed by atoms with Crippen LogP contribution in [0, 0.1) is 6.92 Å². The first-order valence-corrected chi connectivity index (χ1v) is 13.6. The Hall–Kier alpha value is -3.81. The number of hydrogen-bond donors (Lipinski definition) is 0. The predicted molar refractivity (Wildman–Crippen MR) is 140 cm³/mol. The van der Waals surface area contributed by atoms with Crippen molar-refractivity contribution < 1.29 is 50.7 Å². The Morgan fingerprint density at radius 3 is 2.00 bits per heavy atom. The number of carbonyl (C=O) groups is 3. The van der Waals surface area contributed by atoms with E-state index < -0.39 is 65.3 Å². The third-order valence-corrected chi connectivity index (χ3v) is 7.01. The molecule has 0 aliphatic carbocycles. The van der Waals surface area contributed by atoms with Gasteiger partial charge in [0.05, 0.1) is 18.6 Å². The Bertz CT molecular complexity index is 1320. The molecule has 1 aliphatic rings. The van der Waals surface area contributed by atoms with Crippen LogP contribution in [0.2, 0.25) is 0 Å². The molecule has 2 aromatic carbocycles. The summed E-state index contributed by atoms with van der Waals surface area (Å²) >= 11 is 0. The highest BCUT2D eigenvalue weighted by Gasteiger charge is 2.51. The monoisotopic (exact) mass is 577 g/mol. The highest BCUT2D eigenvalue weighted by molar-refractivity contribution is 7.86. The number of aliphatic imine (C=N–C) groups is 1. The van der Waals surface area contributed by atoms with Gasteiger partial charge >= 0.3 is 17.9 Å². The van der Waals surface area contributed by atoms with Crippen molar-refractivity contribution in [3.63, 3.8) is 0 Å². The van der Waals surface area contributed by atoms with Crippen LogP contribution in [0.15, 0.2) is 58.4 Å². The summed E-state index contributed by atoms with van der Waals surface area (Å²) in [7, 11) is -2.73. The summed E-state index contributed by atoms with van der Waals surface area (Å²) in [4.78, 5) is 40.4. The van der Waals surface area contributed by atoms with E-state index >= 15 is 0 Å². The molecule has 13 heteroatoms. The van der Waals surface area contributed by atoms with Gasteiger partial charge in [-0.3, -0.25) is 23.6 Å². The number of esters is 3. The van der Waals surface area contributed by atoms with Gasteiger partial charge in [-0.05, 0) is 48.9 Å². The molecule has 40 heavy (non-hydrogen) atoms. The second-order valence-electron chi connectivity index (χ2n) is 8.89. The van der Waals surface area contributed by atoms with Gasteiger partial charge in [-0.15, -0.1) is 0 Å². The van der Waals surface area contributed by atoms with Gasteiger partial charge in [-0.1, -0.05) is 17.7 Å². The van der Waals surface area contributed by atoms with Gasteiger partial charge in [0, 0.05) is 27.0 Å². The second-order valence-corrected chi connectivity index (χ2v) is 10.5. The van der Waals surface area contributed by atoms with Gasteiger partial charge in [0.15, 0.2) is 18.2 Å². The van der Waals surface area contributed by atoms with Crippen LogP contribution in [0.4, 0.5) is 0 Å². The lowest BCUT2D eigenvalue weighted by Crippen LogP contribution is -2.61. The molecule has 0 aromatic heterocycles. The minimum atomic E-state index is -4.25. The molecule has 0 spiro atoms. The third-order valence-electron chi connectivity index (χ3n) is 5.71.